The number of rotatable bonds is 2. The number of carbonyl (C=O) groups excluding carboxylic acids is 2. The number of piperazine rings is 1. The number of nitrogens with zero attached hydrogens (tertiary/aromatic N) is 1. The first kappa shape index (κ1) is 11.3. The molecule has 0 aromatic heterocycles. The molecule has 0 bridgehead atoms. The van der Waals surface area contributed by atoms with Gasteiger partial charge >= 0.3 is 0 Å². The highest BCUT2D eigenvalue weighted by molar-refractivity contribution is 5.86. The van der Waals surface area contributed by atoms with Crippen molar-refractivity contribution < 1.29 is 14.3 Å². The second kappa shape index (κ2) is 5.27. The van der Waals surface area contributed by atoms with Crippen LogP contribution in [0.25, 0.3) is 0 Å². The van der Waals surface area contributed by atoms with Crippen LogP contribution >= 0.6 is 0 Å². The van der Waals surface area contributed by atoms with Gasteiger partial charge in [-0.1, -0.05) is 0 Å². The summed E-state index contributed by atoms with van der Waals surface area (Å²) in [6.45, 7) is 3.54. The van der Waals surface area contributed by atoms with E-state index in [1.807, 2.05) is 0 Å². The van der Waals surface area contributed by atoms with Gasteiger partial charge in [0.15, 0.2) is 0 Å². The first-order chi connectivity index (χ1) is 7.75. The van der Waals surface area contributed by atoms with Crippen molar-refractivity contribution in [3.05, 3.63) is 0 Å². The Hall–Kier alpha value is -1.14. The molecule has 6 heteroatoms. The van der Waals surface area contributed by atoms with Crippen molar-refractivity contribution in [1.82, 2.24) is 15.5 Å². The van der Waals surface area contributed by atoms with Gasteiger partial charge in [-0.25, -0.2) is 0 Å². The molecule has 0 aromatic rings. The SMILES string of the molecule is O=C1CN(C(=O)CC2CNCCO2)CCN1. The lowest BCUT2D eigenvalue weighted by Crippen LogP contribution is -2.51. The van der Waals surface area contributed by atoms with E-state index in [-0.39, 0.29) is 24.5 Å². The van der Waals surface area contributed by atoms with Crippen LogP contribution in [-0.4, -0.2) is 62.1 Å². The van der Waals surface area contributed by atoms with Crippen LogP contribution in [0.5, 0.6) is 0 Å². The van der Waals surface area contributed by atoms with Crippen LogP contribution in [0.3, 0.4) is 0 Å². The Kier molecular flexibility index (Phi) is 3.74. The fourth-order valence-electron chi connectivity index (χ4n) is 1.93. The van der Waals surface area contributed by atoms with Gasteiger partial charge in [-0.05, 0) is 0 Å². The maximum absolute atomic E-state index is 11.9. The summed E-state index contributed by atoms with van der Waals surface area (Å²) in [7, 11) is 0. The number of carbonyl (C=O) groups is 2. The van der Waals surface area contributed by atoms with Gasteiger partial charge in [0.25, 0.3) is 0 Å². The molecule has 90 valence electrons. The third-order valence-electron chi connectivity index (χ3n) is 2.80. The van der Waals surface area contributed by atoms with E-state index >= 15 is 0 Å². The van der Waals surface area contributed by atoms with E-state index in [1.54, 1.807) is 4.90 Å². The molecule has 2 fully saturated rings. The van der Waals surface area contributed by atoms with Gasteiger partial charge < -0.3 is 20.3 Å². The lowest BCUT2D eigenvalue weighted by molar-refractivity contribution is -0.140. The molecule has 0 spiro atoms. The zero-order valence-electron chi connectivity index (χ0n) is 9.20. The molecular weight excluding hydrogens is 210 g/mol. The third kappa shape index (κ3) is 2.93. The minimum atomic E-state index is -0.0812. The summed E-state index contributed by atoms with van der Waals surface area (Å²) >= 11 is 0. The highest BCUT2D eigenvalue weighted by Crippen LogP contribution is 2.06. The fourth-order valence-corrected chi connectivity index (χ4v) is 1.93. The minimum Gasteiger partial charge on any atom is -0.375 e. The highest BCUT2D eigenvalue weighted by atomic mass is 16.5. The molecular formula is C10H17N3O3. The van der Waals surface area contributed by atoms with E-state index in [2.05, 4.69) is 10.6 Å². The van der Waals surface area contributed by atoms with Gasteiger partial charge in [0, 0.05) is 26.2 Å². The fraction of sp³-hybridized carbons (Fsp3) is 0.800. The Balaban J connectivity index is 1.79. The Morgan fingerprint density at radius 2 is 2.38 bits per heavy atom. The van der Waals surface area contributed by atoms with E-state index in [4.69, 9.17) is 4.74 Å². The molecule has 2 aliphatic rings. The van der Waals surface area contributed by atoms with Crippen molar-refractivity contribution in [3.8, 4) is 0 Å². The van der Waals surface area contributed by atoms with Crippen molar-refractivity contribution in [2.45, 2.75) is 12.5 Å². The van der Waals surface area contributed by atoms with Crippen molar-refractivity contribution in [3.63, 3.8) is 0 Å². The minimum absolute atomic E-state index is 0.00329. The maximum atomic E-state index is 11.9. The van der Waals surface area contributed by atoms with E-state index < -0.39 is 0 Å². The lowest BCUT2D eigenvalue weighted by Gasteiger charge is -2.29. The predicted molar refractivity (Wildman–Crippen MR) is 56.8 cm³/mol. The first-order valence-electron chi connectivity index (χ1n) is 5.62. The van der Waals surface area contributed by atoms with Gasteiger partial charge in [-0.15, -0.1) is 0 Å². The summed E-state index contributed by atoms with van der Waals surface area (Å²) in [5, 5.41) is 5.87. The summed E-state index contributed by atoms with van der Waals surface area (Å²) in [5.41, 5.74) is 0. The molecule has 2 rings (SSSR count). The van der Waals surface area contributed by atoms with Gasteiger partial charge in [-0.3, -0.25) is 9.59 Å². The van der Waals surface area contributed by atoms with Crippen LogP contribution in [0.15, 0.2) is 0 Å². The molecule has 2 aliphatic heterocycles. The maximum Gasteiger partial charge on any atom is 0.239 e. The Morgan fingerprint density at radius 1 is 1.50 bits per heavy atom. The van der Waals surface area contributed by atoms with Crippen LogP contribution in [0.4, 0.5) is 0 Å². The summed E-state index contributed by atoms with van der Waals surface area (Å²) in [4.78, 5) is 24.6. The molecule has 2 N–H and O–H groups in total. The number of amides is 2. The average molecular weight is 227 g/mol. The summed E-state index contributed by atoms with van der Waals surface area (Å²) in [5.74, 6) is -0.0779. The molecule has 6 nitrogen and oxygen atoms in total. The third-order valence-corrected chi connectivity index (χ3v) is 2.80. The summed E-state index contributed by atoms with van der Waals surface area (Å²) in [6.07, 6.45) is 0.312. The van der Waals surface area contributed by atoms with E-state index in [0.29, 0.717) is 32.7 Å². The van der Waals surface area contributed by atoms with Crippen LogP contribution < -0.4 is 10.6 Å². The lowest BCUT2D eigenvalue weighted by atomic mass is 10.2. The number of nitrogens with one attached hydrogen (secondary N) is 2. The van der Waals surface area contributed by atoms with E-state index in [0.717, 1.165) is 6.54 Å². The number of hydrogen-bond acceptors (Lipinski definition) is 4. The molecule has 0 aromatic carbocycles. The van der Waals surface area contributed by atoms with Crippen molar-refractivity contribution >= 4 is 11.8 Å². The molecule has 2 amide bonds. The molecule has 1 atom stereocenters. The normalized spacial score (nSPS) is 26.4. The molecule has 2 heterocycles. The second-order valence-electron chi connectivity index (χ2n) is 4.07. The Bertz CT molecular complexity index is 276. The molecule has 2 saturated heterocycles. The second-order valence-corrected chi connectivity index (χ2v) is 4.07. The van der Waals surface area contributed by atoms with E-state index in [1.165, 1.54) is 0 Å². The summed E-state index contributed by atoms with van der Waals surface area (Å²) in [6, 6.07) is 0. The largest absolute Gasteiger partial charge is 0.375 e. The molecule has 1 unspecified atom stereocenters. The number of hydrogen-bond donors (Lipinski definition) is 2. The quantitative estimate of drug-likeness (QED) is 0.591. The summed E-state index contributed by atoms with van der Waals surface area (Å²) < 4.78 is 5.46. The predicted octanol–water partition coefficient (Wildman–Crippen LogP) is -1.68. The van der Waals surface area contributed by atoms with Crippen LogP contribution in [0.1, 0.15) is 6.42 Å². The molecule has 16 heavy (non-hydrogen) atoms. The number of ether oxygens (including phenoxy) is 1. The Morgan fingerprint density at radius 3 is 3.06 bits per heavy atom. The Labute approximate surface area is 94.3 Å². The van der Waals surface area contributed by atoms with Crippen molar-refractivity contribution in [1.29, 1.82) is 0 Å². The smallest absolute Gasteiger partial charge is 0.239 e. The average Bonchev–Trinajstić information content (AvgIpc) is 2.30. The van der Waals surface area contributed by atoms with Gasteiger partial charge in [0.05, 0.1) is 25.7 Å². The standard InChI is InChI=1S/C10H17N3O3/c14-9-7-13(3-1-12-9)10(15)5-8-6-11-2-4-16-8/h8,11H,1-7H2,(H,12,14). The van der Waals surface area contributed by atoms with Crippen LogP contribution in [0.2, 0.25) is 0 Å². The van der Waals surface area contributed by atoms with Crippen molar-refractivity contribution in [2.75, 3.05) is 39.3 Å². The number of morpholine rings is 1. The van der Waals surface area contributed by atoms with E-state index in [9.17, 15) is 9.59 Å². The zero-order chi connectivity index (χ0) is 11.4. The van der Waals surface area contributed by atoms with Crippen LogP contribution in [0, 0.1) is 0 Å². The van der Waals surface area contributed by atoms with Crippen molar-refractivity contribution in [2.24, 2.45) is 0 Å². The highest BCUT2D eigenvalue weighted by Gasteiger charge is 2.24. The topological polar surface area (TPSA) is 70.7 Å². The van der Waals surface area contributed by atoms with Gasteiger partial charge in [0.2, 0.25) is 11.8 Å². The van der Waals surface area contributed by atoms with Gasteiger partial charge in [-0.2, -0.15) is 0 Å². The molecule has 0 saturated carbocycles. The first-order valence-corrected chi connectivity index (χ1v) is 5.62. The monoisotopic (exact) mass is 227 g/mol. The zero-order valence-corrected chi connectivity index (χ0v) is 9.20. The van der Waals surface area contributed by atoms with Gasteiger partial charge in [0.1, 0.15) is 0 Å². The van der Waals surface area contributed by atoms with Crippen LogP contribution in [-0.2, 0) is 14.3 Å². The molecule has 0 radical (unpaired) electrons. The molecule has 0 aliphatic carbocycles.